The average Bonchev–Trinajstić information content (AvgIpc) is 2.26. The third-order valence-corrected chi connectivity index (χ3v) is 2.72. The van der Waals surface area contributed by atoms with Gasteiger partial charge in [-0.2, -0.15) is 0 Å². The van der Waals surface area contributed by atoms with E-state index in [0.717, 1.165) is 13.1 Å². The molecule has 0 aliphatic carbocycles. The van der Waals surface area contributed by atoms with Crippen LogP contribution in [0.25, 0.3) is 0 Å². The highest BCUT2D eigenvalue weighted by molar-refractivity contribution is 5.44. The molecule has 0 aliphatic rings. The van der Waals surface area contributed by atoms with E-state index in [1.54, 1.807) is 0 Å². The molecule has 0 spiro atoms. The topological polar surface area (TPSA) is 24.1 Å². The van der Waals surface area contributed by atoms with Crippen molar-refractivity contribution in [2.45, 2.75) is 20.3 Å². The lowest BCUT2D eigenvalue weighted by Gasteiger charge is -2.15. The molecular formula is C13H22N2. The van der Waals surface area contributed by atoms with E-state index in [1.165, 1.54) is 17.7 Å². The summed E-state index contributed by atoms with van der Waals surface area (Å²) in [7, 11) is 2.01. The fraction of sp³-hybridized carbons (Fsp3) is 0.538. The van der Waals surface area contributed by atoms with Crippen LogP contribution in [0.5, 0.6) is 0 Å². The van der Waals surface area contributed by atoms with Crippen molar-refractivity contribution < 1.29 is 0 Å². The fourth-order valence-electron chi connectivity index (χ4n) is 1.58. The number of rotatable bonds is 6. The van der Waals surface area contributed by atoms with Crippen molar-refractivity contribution in [2.24, 2.45) is 5.92 Å². The molecule has 0 amide bonds. The second kappa shape index (κ2) is 6.46. The van der Waals surface area contributed by atoms with Gasteiger partial charge in [0.1, 0.15) is 0 Å². The van der Waals surface area contributed by atoms with Gasteiger partial charge in [0.05, 0.1) is 0 Å². The molecule has 0 saturated heterocycles. The van der Waals surface area contributed by atoms with Gasteiger partial charge >= 0.3 is 0 Å². The van der Waals surface area contributed by atoms with Crippen LogP contribution in [0.3, 0.4) is 0 Å². The average molecular weight is 206 g/mol. The van der Waals surface area contributed by atoms with Crippen LogP contribution in [-0.2, 0) is 0 Å². The molecule has 1 rings (SSSR count). The maximum Gasteiger partial charge on any atom is 0.0340 e. The Kier molecular flexibility index (Phi) is 5.19. The standard InChI is InChI=1S/C13H22N2/c1-4-12(9-14-3)10-15-13-7-5-11(2)6-8-13/h5-8,12,14-15H,4,9-10H2,1-3H3. The molecule has 0 saturated carbocycles. The zero-order chi connectivity index (χ0) is 11.1. The van der Waals surface area contributed by atoms with Crippen molar-refractivity contribution in [2.75, 3.05) is 25.5 Å². The van der Waals surface area contributed by atoms with E-state index in [1.807, 2.05) is 7.05 Å². The Hall–Kier alpha value is -1.02. The van der Waals surface area contributed by atoms with Crippen LogP contribution in [0.1, 0.15) is 18.9 Å². The van der Waals surface area contributed by atoms with Gasteiger partial charge in [0.25, 0.3) is 0 Å². The summed E-state index contributed by atoms with van der Waals surface area (Å²) < 4.78 is 0. The van der Waals surface area contributed by atoms with Gasteiger partial charge in [0.15, 0.2) is 0 Å². The second-order valence-electron chi connectivity index (χ2n) is 4.08. The zero-order valence-corrected chi connectivity index (χ0v) is 10.0. The zero-order valence-electron chi connectivity index (χ0n) is 10.0. The summed E-state index contributed by atoms with van der Waals surface area (Å²) in [6, 6.07) is 8.56. The summed E-state index contributed by atoms with van der Waals surface area (Å²) >= 11 is 0. The predicted molar refractivity (Wildman–Crippen MR) is 67.4 cm³/mol. The molecule has 0 fully saturated rings. The van der Waals surface area contributed by atoms with Crippen LogP contribution in [-0.4, -0.2) is 20.1 Å². The van der Waals surface area contributed by atoms with Crippen LogP contribution in [0.4, 0.5) is 5.69 Å². The Morgan fingerprint density at radius 3 is 2.33 bits per heavy atom. The van der Waals surface area contributed by atoms with E-state index < -0.39 is 0 Å². The third-order valence-electron chi connectivity index (χ3n) is 2.72. The first-order chi connectivity index (χ1) is 7.26. The van der Waals surface area contributed by atoms with E-state index in [-0.39, 0.29) is 0 Å². The smallest absolute Gasteiger partial charge is 0.0340 e. The SMILES string of the molecule is CCC(CNC)CNc1ccc(C)cc1. The normalized spacial score (nSPS) is 12.5. The molecule has 1 unspecified atom stereocenters. The highest BCUT2D eigenvalue weighted by atomic mass is 14.9. The maximum atomic E-state index is 3.47. The Labute approximate surface area is 93.1 Å². The Bertz CT molecular complexity index is 266. The highest BCUT2D eigenvalue weighted by Gasteiger charge is 2.03. The molecular weight excluding hydrogens is 184 g/mol. The van der Waals surface area contributed by atoms with Crippen LogP contribution in [0.2, 0.25) is 0 Å². The van der Waals surface area contributed by atoms with E-state index in [9.17, 15) is 0 Å². The molecule has 2 heteroatoms. The quantitative estimate of drug-likeness (QED) is 0.747. The Morgan fingerprint density at radius 2 is 1.80 bits per heavy atom. The van der Waals surface area contributed by atoms with E-state index in [4.69, 9.17) is 0 Å². The van der Waals surface area contributed by atoms with Crippen molar-refractivity contribution in [1.29, 1.82) is 0 Å². The molecule has 0 heterocycles. The molecule has 1 aromatic rings. The summed E-state index contributed by atoms with van der Waals surface area (Å²) in [4.78, 5) is 0. The largest absolute Gasteiger partial charge is 0.385 e. The van der Waals surface area contributed by atoms with Crippen molar-refractivity contribution in [3.63, 3.8) is 0 Å². The number of benzene rings is 1. The van der Waals surface area contributed by atoms with Crippen molar-refractivity contribution in [3.8, 4) is 0 Å². The molecule has 0 bridgehead atoms. The van der Waals surface area contributed by atoms with Crippen molar-refractivity contribution >= 4 is 5.69 Å². The summed E-state index contributed by atoms with van der Waals surface area (Å²) in [6.45, 7) is 6.47. The van der Waals surface area contributed by atoms with Gasteiger partial charge in [-0.15, -0.1) is 0 Å². The first kappa shape index (κ1) is 12.1. The van der Waals surface area contributed by atoms with Crippen LogP contribution in [0.15, 0.2) is 24.3 Å². The summed E-state index contributed by atoms with van der Waals surface area (Å²) in [5.74, 6) is 0.705. The molecule has 0 radical (unpaired) electrons. The van der Waals surface area contributed by atoms with Crippen molar-refractivity contribution in [1.82, 2.24) is 5.32 Å². The number of hydrogen-bond acceptors (Lipinski definition) is 2. The summed E-state index contributed by atoms with van der Waals surface area (Å²) in [6.07, 6.45) is 1.21. The van der Waals surface area contributed by atoms with Crippen LogP contribution >= 0.6 is 0 Å². The number of aryl methyl sites for hydroxylation is 1. The van der Waals surface area contributed by atoms with Gasteiger partial charge in [-0.05, 0) is 38.6 Å². The Morgan fingerprint density at radius 1 is 1.13 bits per heavy atom. The van der Waals surface area contributed by atoms with E-state index in [0.29, 0.717) is 5.92 Å². The Balaban J connectivity index is 2.38. The molecule has 1 atom stereocenters. The van der Waals surface area contributed by atoms with Gasteiger partial charge < -0.3 is 10.6 Å². The minimum absolute atomic E-state index is 0.705. The van der Waals surface area contributed by atoms with Gasteiger partial charge in [-0.1, -0.05) is 31.0 Å². The molecule has 0 aliphatic heterocycles. The molecule has 84 valence electrons. The fourth-order valence-corrected chi connectivity index (χ4v) is 1.58. The molecule has 15 heavy (non-hydrogen) atoms. The molecule has 0 aromatic heterocycles. The molecule has 2 N–H and O–H groups in total. The minimum atomic E-state index is 0.705. The van der Waals surface area contributed by atoms with Gasteiger partial charge in [-0.3, -0.25) is 0 Å². The lowest BCUT2D eigenvalue weighted by atomic mass is 10.1. The molecule has 2 nitrogen and oxygen atoms in total. The van der Waals surface area contributed by atoms with E-state index >= 15 is 0 Å². The lowest BCUT2D eigenvalue weighted by Crippen LogP contribution is -2.24. The monoisotopic (exact) mass is 206 g/mol. The van der Waals surface area contributed by atoms with Gasteiger partial charge in [0, 0.05) is 12.2 Å². The maximum absolute atomic E-state index is 3.47. The first-order valence-electron chi connectivity index (χ1n) is 5.71. The predicted octanol–water partition coefficient (Wildman–Crippen LogP) is 2.65. The molecule has 1 aromatic carbocycles. The van der Waals surface area contributed by atoms with Gasteiger partial charge in [-0.25, -0.2) is 0 Å². The van der Waals surface area contributed by atoms with Crippen LogP contribution in [0, 0.1) is 12.8 Å². The number of hydrogen-bond donors (Lipinski definition) is 2. The number of anilines is 1. The number of nitrogens with one attached hydrogen (secondary N) is 2. The highest BCUT2D eigenvalue weighted by Crippen LogP contribution is 2.10. The summed E-state index contributed by atoms with van der Waals surface area (Å²) in [5.41, 5.74) is 2.53. The van der Waals surface area contributed by atoms with Crippen LogP contribution < -0.4 is 10.6 Å². The van der Waals surface area contributed by atoms with E-state index in [2.05, 4.69) is 48.7 Å². The lowest BCUT2D eigenvalue weighted by molar-refractivity contribution is 0.507. The van der Waals surface area contributed by atoms with Gasteiger partial charge in [0.2, 0.25) is 0 Å². The first-order valence-corrected chi connectivity index (χ1v) is 5.71. The second-order valence-corrected chi connectivity index (χ2v) is 4.08. The van der Waals surface area contributed by atoms with Crippen molar-refractivity contribution in [3.05, 3.63) is 29.8 Å². The third kappa shape index (κ3) is 4.34. The minimum Gasteiger partial charge on any atom is -0.385 e. The summed E-state index contributed by atoms with van der Waals surface area (Å²) in [5, 5.41) is 6.69.